The van der Waals surface area contributed by atoms with Gasteiger partial charge in [-0.15, -0.1) is 0 Å². The zero-order chi connectivity index (χ0) is 12.7. The van der Waals surface area contributed by atoms with E-state index in [1.165, 1.54) is 0 Å². The molecule has 5 nitrogen and oxygen atoms in total. The molecule has 0 saturated carbocycles. The number of primary amides is 1. The van der Waals surface area contributed by atoms with Gasteiger partial charge in [0.1, 0.15) is 5.75 Å². The highest BCUT2D eigenvalue weighted by molar-refractivity contribution is 5.79. The molecule has 1 unspecified atom stereocenters. The molecule has 0 aromatic heterocycles. The maximum Gasteiger partial charge on any atom is 0.234 e. The number of aliphatic hydroxyl groups excluding tert-OH is 1. The fourth-order valence-corrected chi connectivity index (χ4v) is 1.41. The number of likely N-dealkylation sites (N-methyl/N-ethyl adjacent to an activating group) is 1. The summed E-state index contributed by atoms with van der Waals surface area (Å²) in [7, 11) is 1.69. The van der Waals surface area contributed by atoms with Crippen LogP contribution in [0, 0.1) is 0 Å². The Kier molecular flexibility index (Phi) is 5.45. The molecule has 0 aliphatic rings. The Morgan fingerprint density at radius 3 is 2.59 bits per heavy atom. The van der Waals surface area contributed by atoms with Gasteiger partial charge in [0.2, 0.25) is 5.91 Å². The van der Waals surface area contributed by atoms with Crippen LogP contribution in [0.2, 0.25) is 0 Å². The van der Waals surface area contributed by atoms with Crippen LogP contribution < -0.4 is 15.8 Å². The molecule has 1 aromatic carbocycles. The highest BCUT2D eigenvalue weighted by atomic mass is 16.5. The number of carbonyl (C=O) groups excluding carboxylic acids is 1. The quantitative estimate of drug-likeness (QED) is 0.625. The lowest BCUT2D eigenvalue weighted by molar-refractivity contribution is -0.120. The first kappa shape index (κ1) is 13.5. The van der Waals surface area contributed by atoms with Gasteiger partial charge in [-0.3, -0.25) is 4.79 Å². The van der Waals surface area contributed by atoms with E-state index in [4.69, 9.17) is 15.6 Å². The van der Waals surface area contributed by atoms with E-state index in [2.05, 4.69) is 5.32 Å². The molecule has 1 amide bonds. The SMILES string of the molecule is CNC(CCOc1ccc(CO)cc1)C(N)=O. The van der Waals surface area contributed by atoms with Crippen LogP contribution in [-0.4, -0.2) is 30.7 Å². The van der Waals surface area contributed by atoms with Crippen LogP contribution in [0.4, 0.5) is 0 Å². The number of hydrogen-bond acceptors (Lipinski definition) is 4. The van der Waals surface area contributed by atoms with Crippen LogP contribution in [0.15, 0.2) is 24.3 Å². The van der Waals surface area contributed by atoms with Gasteiger partial charge in [0.05, 0.1) is 19.3 Å². The largest absolute Gasteiger partial charge is 0.494 e. The standard InChI is InChI=1S/C12H18N2O3/c1-14-11(12(13)16)6-7-17-10-4-2-9(8-15)3-5-10/h2-5,11,14-15H,6-8H2,1H3,(H2,13,16). The summed E-state index contributed by atoms with van der Waals surface area (Å²) in [5.74, 6) is 0.327. The van der Waals surface area contributed by atoms with Gasteiger partial charge < -0.3 is 20.9 Å². The van der Waals surface area contributed by atoms with Crippen LogP contribution in [0.5, 0.6) is 5.75 Å². The molecule has 1 aromatic rings. The van der Waals surface area contributed by atoms with Crippen LogP contribution in [0.25, 0.3) is 0 Å². The Balaban J connectivity index is 2.37. The maximum atomic E-state index is 10.9. The average Bonchev–Trinajstić information content (AvgIpc) is 2.35. The van der Waals surface area contributed by atoms with Gasteiger partial charge in [0.15, 0.2) is 0 Å². The molecule has 4 N–H and O–H groups in total. The molecule has 0 heterocycles. The van der Waals surface area contributed by atoms with Crippen molar-refractivity contribution in [1.82, 2.24) is 5.32 Å². The van der Waals surface area contributed by atoms with Crippen molar-refractivity contribution < 1.29 is 14.6 Å². The molecule has 94 valence electrons. The van der Waals surface area contributed by atoms with Crippen LogP contribution >= 0.6 is 0 Å². The van der Waals surface area contributed by atoms with E-state index < -0.39 is 0 Å². The predicted octanol–water partition coefficient (Wildman–Crippen LogP) is 0.0211. The lowest BCUT2D eigenvalue weighted by Crippen LogP contribution is -2.40. The summed E-state index contributed by atoms with van der Waals surface area (Å²) in [6, 6.07) is 6.78. The minimum atomic E-state index is -0.383. The van der Waals surface area contributed by atoms with Gasteiger partial charge in [-0.1, -0.05) is 12.1 Å². The normalized spacial score (nSPS) is 12.1. The van der Waals surface area contributed by atoms with E-state index >= 15 is 0 Å². The van der Waals surface area contributed by atoms with Crippen LogP contribution in [0.1, 0.15) is 12.0 Å². The van der Waals surface area contributed by atoms with Gasteiger partial charge in [-0.2, -0.15) is 0 Å². The first-order valence-corrected chi connectivity index (χ1v) is 5.46. The van der Waals surface area contributed by atoms with Crippen LogP contribution in [0.3, 0.4) is 0 Å². The van der Waals surface area contributed by atoms with Crippen molar-refractivity contribution in [3.63, 3.8) is 0 Å². The van der Waals surface area contributed by atoms with Crippen molar-refractivity contribution in [2.75, 3.05) is 13.7 Å². The van der Waals surface area contributed by atoms with Gasteiger partial charge in [0, 0.05) is 6.42 Å². The van der Waals surface area contributed by atoms with Gasteiger partial charge in [-0.25, -0.2) is 0 Å². The fourth-order valence-electron chi connectivity index (χ4n) is 1.41. The number of amides is 1. The fraction of sp³-hybridized carbons (Fsp3) is 0.417. The van der Waals surface area contributed by atoms with E-state index in [0.717, 1.165) is 5.56 Å². The molecule has 1 atom stereocenters. The molecule has 1 rings (SSSR count). The Labute approximate surface area is 101 Å². The van der Waals surface area contributed by atoms with Gasteiger partial charge in [-0.05, 0) is 24.7 Å². The molecule has 0 saturated heterocycles. The molecule has 0 aliphatic heterocycles. The lowest BCUT2D eigenvalue weighted by atomic mass is 10.2. The first-order chi connectivity index (χ1) is 8.17. The number of carbonyl (C=O) groups is 1. The monoisotopic (exact) mass is 238 g/mol. The van der Waals surface area contributed by atoms with Gasteiger partial charge >= 0.3 is 0 Å². The van der Waals surface area contributed by atoms with E-state index in [-0.39, 0.29) is 18.6 Å². The summed E-state index contributed by atoms with van der Waals surface area (Å²) in [5.41, 5.74) is 6.02. The summed E-state index contributed by atoms with van der Waals surface area (Å²) < 4.78 is 5.46. The Hall–Kier alpha value is -1.59. The summed E-state index contributed by atoms with van der Waals surface area (Å²) >= 11 is 0. The van der Waals surface area contributed by atoms with Gasteiger partial charge in [0.25, 0.3) is 0 Å². The second-order valence-electron chi connectivity index (χ2n) is 3.68. The van der Waals surface area contributed by atoms with Crippen molar-refractivity contribution in [2.24, 2.45) is 5.73 Å². The summed E-state index contributed by atoms with van der Waals surface area (Å²) in [4.78, 5) is 10.9. The predicted molar refractivity (Wildman–Crippen MR) is 64.5 cm³/mol. The first-order valence-electron chi connectivity index (χ1n) is 5.46. The number of ether oxygens (including phenoxy) is 1. The third-order valence-corrected chi connectivity index (χ3v) is 2.47. The van der Waals surface area contributed by atoms with Crippen molar-refractivity contribution in [2.45, 2.75) is 19.1 Å². The van der Waals surface area contributed by atoms with E-state index in [1.807, 2.05) is 0 Å². The number of nitrogens with two attached hydrogens (primary N) is 1. The molecule has 0 fully saturated rings. The number of benzene rings is 1. The van der Waals surface area contributed by atoms with Crippen molar-refractivity contribution in [1.29, 1.82) is 0 Å². The lowest BCUT2D eigenvalue weighted by Gasteiger charge is -2.12. The Morgan fingerprint density at radius 1 is 1.47 bits per heavy atom. The third kappa shape index (κ3) is 4.42. The molecule has 0 radical (unpaired) electrons. The Bertz CT molecular complexity index is 351. The van der Waals surface area contributed by atoms with E-state index in [9.17, 15) is 4.79 Å². The molecule has 17 heavy (non-hydrogen) atoms. The maximum absolute atomic E-state index is 10.9. The molecule has 5 heteroatoms. The average molecular weight is 238 g/mol. The zero-order valence-corrected chi connectivity index (χ0v) is 9.85. The molecule has 0 aliphatic carbocycles. The highest BCUT2D eigenvalue weighted by Crippen LogP contribution is 2.12. The van der Waals surface area contributed by atoms with E-state index in [1.54, 1.807) is 31.3 Å². The zero-order valence-electron chi connectivity index (χ0n) is 9.85. The molecular weight excluding hydrogens is 220 g/mol. The van der Waals surface area contributed by atoms with Crippen molar-refractivity contribution in [3.05, 3.63) is 29.8 Å². The minimum absolute atomic E-state index is 0.0176. The third-order valence-electron chi connectivity index (χ3n) is 2.47. The number of aliphatic hydroxyl groups is 1. The summed E-state index contributed by atoms with van der Waals surface area (Å²) in [6.07, 6.45) is 0.521. The number of nitrogens with one attached hydrogen (secondary N) is 1. The van der Waals surface area contributed by atoms with Crippen molar-refractivity contribution >= 4 is 5.91 Å². The molecule has 0 bridgehead atoms. The second kappa shape index (κ2) is 6.88. The topological polar surface area (TPSA) is 84.6 Å². The smallest absolute Gasteiger partial charge is 0.234 e. The minimum Gasteiger partial charge on any atom is -0.494 e. The summed E-state index contributed by atoms with van der Waals surface area (Å²) in [5, 5.41) is 11.7. The number of rotatable bonds is 7. The molecule has 0 spiro atoms. The van der Waals surface area contributed by atoms with Crippen molar-refractivity contribution in [3.8, 4) is 5.75 Å². The number of hydrogen-bond donors (Lipinski definition) is 3. The van der Waals surface area contributed by atoms with E-state index in [0.29, 0.717) is 18.8 Å². The second-order valence-corrected chi connectivity index (χ2v) is 3.68. The Morgan fingerprint density at radius 2 is 2.12 bits per heavy atom. The van der Waals surface area contributed by atoms with Crippen LogP contribution in [-0.2, 0) is 11.4 Å². The summed E-state index contributed by atoms with van der Waals surface area (Å²) in [6.45, 7) is 0.427. The molecular formula is C12H18N2O3. The highest BCUT2D eigenvalue weighted by Gasteiger charge is 2.11.